The van der Waals surface area contributed by atoms with Crippen molar-refractivity contribution >= 4 is 43.3 Å². The van der Waals surface area contributed by atoms with Crippen molar-refractivity contribution in [2.24, 2.45) is 0 Å². The van der Waals surface area contributed by atoms with Crippen molar-refractivity contribution in [3.8, 4) is 5.75 Å². The van der Waals surface area contributed by atoms with Crippen LogP contribution in [0.1, 0.15) is 10.4 Å². The van der Waals surface area contributed by atoms with Gasteiger partial charge in [0.1, 0.15) is 5.75 Å². The van der Waals surface area contributed by atoms with Gasteiger partial charge in [0.05, 0.1) is 12.7 Å². The van der Waals surface area contributed by atoms with Gasteiger partial charge in [0.2, 0.25) is 0 Å². The van der Waals surface area contributed by atoms with Crippen LogP contribution in [0.5, 0.6) is 5.75 Å². The fraction of sp³-hybridized carbons (Fsp3) is 0.125. The third kappa shape index (κ3) is 11.9. The Morgan fingerprint density at radius 1 is 1.18 bits per heavy atom. The molecule has 92 valence electrons. The molecular weight excluding hydrogens is 262 g/mol. The number of benzene rings is 1. The first-order chi connectivity index (χ1) is 7.24. The summed E-state index contributed by atoms with van der Waals surface area (Å²) in [6, 6.07) is 5.88. The molecule has 0 aliphatic rings. The van der Waals surface area contributed by atoms with E-state index in [-0.39, 0.29) is 35.3 Å². The summed E-state index contributed by atoms with van der Waals surface area (Å²) in [5.74, 6) is -0.261. The molecule has 0 saturated heterocycles. The molecule has 4 N–H and O–H groups in total. The number of rotatable bonds is 1. The first-order valence-corrected chi connectivity index (χ1v) is 5.46. The summed E-state index contributed by atoms with van der Waals surface area (Å²) in [7, 11) is -3.32. The first-order valence-electron chi connectivity index (χ1n) is 3.89. The Bertz CT molecular complexity index is 377. The first kappa shape index (κ1) is 19.0. The van der Waals surface area contributed by atoms with E-state index in [1.807, 2.05) is 0 Å². The number of phenols is 1. The van der Waals surface area contributed by atoms with Gasteiger partial charge in [-0.1, -0.05) is 0 Å². The van der Waals surface area contributed by atoms with Crippen molar-refractivity contribution < 1.29 is 33.9 Å². The van der Waals surface area contributed by atoms with E-state index in [4.69, 9.17) is 24.4 Å². The molecule has 0 atom stereocenters. The van der Waals surface area contributed by atoms with Crippen LogP contribution in [0.15, 0.2) is 24.3 Å². The molecule has 0 fully saturated rings. The second kappa shape index (κ2) is 8.66. The van der Waals surface area contributed by atoms with Gasteiger partial charge < -0.3 is 24.5 Å². The van der Waals surface area contributed by atoms with Gasteiger partial charge in [0.15, 0.2) is 0 Å². The van der Waals surface area contributed by atoms with Gasteiger partial charge in [-0.3, -0.25) is 0 Å². The normalized spacial score (nSPS) is 9.41. The average Bonchev–Trinajstić information content (AvgIpc) is 2.15. The molecule has 0 radical (unpaired) electrons. The summed E-state index contributed by atoms with van der Waals surface area (Å²) < 4.78 is 13.3. The van der Waals surface area contributed by atoms with E-state index < -0.39 is 13.8 Å². The zero-order valence-electron chi connectivity index (χ0n) is 8.27. The second-order valence-corrected chi connectivity index (χ2v) is 3.58. The number of methoxy groups -OCH3 is 1. The quantitative estimate of drug-likeness (QED) is 0.312. The molecule has 1 aromatic carbocycles. The van der Waals surface area contributed by atoms with E-state index in [1.54, 1.807) is 0 Å². The minimum atomic E-state index is -4.64. The number of hydrogen-bond donors (Lipinski definition) is 4. The Kier molecular flexibility index (Phi) is 9.65. The number of ether oxygens (including phenoxy) is 1. The maximum atomic E-state index is 10.8. The van der Waals surface area contributed by atoms with E-state index in [1.165, 1.54) is 31.4 Å². The van der Waals surface area contributed by atoms with E-state index in [0.29, 0.717) is 5.56 Å². The zero-order valence-corrected chi connectivity index (χ0v) is 9.16. The molecule has 0 saturated carbocycles. The molecule has 0 aromatic heterocycles. The number of aromatic hydroxyl groups is 1. The Balaban J connectivity index is 0. The molecule has 0 aliphatic heterocycles. The molecule has 0 amide bonds. The van der Waals surface area contributed by atoms with Gasteiger partial charge in [-0.05, 0) is 24.3 Å². The van der Waals surface area contributed by atoms with E-state index in [0.717, 1.165) is 0 Å². The number of phenolic OH excluding ortho intramolecular Hbond substituents is 1. The number of carbonyl (C=O) groups is 1. The fourth-order valence-electron chi connectivity index (χ4n) is 0.715. The summed E-state index contributed by atoms with van der Waals surface area (Å²) >= 11 is 0. The number of carbonyl (C=O) groups excluding carboxylic acids is 1. The predicted molar refractivity (Wildman–Crippen MR) is 60.9 cm³/mol. The molecule has 9 heteroatoms. The predicted octanol–water partition coefficient (Wildman–Crippen LogP) is -0.398. The van der Waals surface area contributed by atoms with Crippen molar-refractivity contribution in [1.82, 2.24) is 0 Å². The molecule has 1 aromatic rings. The second-order valence-electron chi connectivity index (χ2n) is 2.55. The van der Waals surface area contributed by atoms with E-state index in [2.05, 4.69) is 4.74 Å². The maximum absolute atomic E-state index is 10.8. The van der Waals surface area contributed by atoms with Crippen LogP contribution in [0.25, 0.3) is 0 Å². The van der Waals surface area contributed by atoms with Crippen LogP contribution >= 0.6 is 7.82 Å². The molecule has 17 heavy (non-hydrogen) atoms. The molecule has 1 rings (SSSR count). The Morgan fingerprint density at radius 2 is 1.53 bits per heavy atom. The van der Waals surface area contributed by atoms with Crippen LogP contribution < -0.4 is 0 Å². The van der Waals surface area contributed by atoms with Crippen molar-refractivity contribution in [3.05, 3.63) is 29.8 Å². The van der Waals surface area contributed by atoms with Crippen LogP contribution in [0.3, 0.4) is 0 Å². The van der Waals surface area contributed by atoms with Gasteiger partial charge >= 0.3 is 43.3 Å². The monoisotopic (exact) mass is 274 g/mol. The molecule has 0 heterocycles. The molecule has 0 bridgehead atoms. The molecule has 0 unspecified atom stereocenters. The van der Waals surface area contributed by atoms with Crippen molar-refractivity contribution in [2.75, 3.05) is 7.11 Å². The Labute approximate surface area is 120 Å². The van der Waals surface area contributed by atoms with Crippen molar-refractivity contribution in [1.29, 1.82) is 0 Å². The molecule has 0 aliphatic carbocycles. The third-order valence-electron chi connectivity index (χ3n) is 1.29. The van der Waals surface area contributed by atoms with Crippen LogP contribution in [-0.4, -0.2) is 62.4 Å². The Hall–Kier alpha value is -0.400. The SMILES string of the molecule is COC(=O)c1ccc(O)cc1.O=P(O)(O)O.[NaH]. The van der Waals surface area contributed by atoms with Gasteiger partial charge in [-0.15, -0.1) is 0 Å². The molecule has 7 nitrogen and oxygen atoms in total. The minimum absolute atomic E-state index is 0. The van der Waals surface area contributed by atoms with Gasteiger partial charge in [0.25, 0.3) is 0 Å². The van der Waals surface area contributed by atoms with Gasteiger partial charge in [0, 0.05) is 0 Å². The van der Waals surface area contributed by atoms with Crippen LogP contribution in [-0.2, 0) is 9.30 Å². The van der Waals surface area contributed by atoms with Crippen LogP contribution in [0, 0.1) is 0 Å². The van der Waals surface area contributed by atoms with E-state index in [9.17, 15) is 4.79 Å². The standard InChI is InChI=1S/C8H8O3.Na.H3O4P.H/c1-11-8(10)6-2-4-7(9)5-3-6;;1-5(2,3)4;/h2-5,9H,1H3;;(H3,1,2,3,4);. The van der Waals surface area contributed by atoms with Crippen LogP contribution in [0.4, 0.5) is 0 Å². The van der Waals surface area contributed by atoms with Crippen LogP contribution in [0.2, 0.25) is 0 Å². The fourth-order valence-corrected chi connectivity index (χ4v) is 0.715. The molecule has 0 spiro atoms. The number of hydrogen-bond acceptors (Lipinski definition) is 4. The summed E-state index contributed by atoms with van der Waals surface area (Å²) in [6.07, 6.45) is 0. The average molecular weight is 274 g/mol. The summed E-state index contributed by atoms with van der Waals surface area (Å²) in [6.45, 7) is 0. The van der Waals surface area contributed by atoms with Gasteiger partial charge in [-0.2, -0.15) is 0 Å². The van der Waals surface area contributed by atoms with E-state index >= 15 is 0 Å². The third-order valence-corrected chi connectivity index (χ3v) is 1.29. The van der Waals surface area contributed by atoms with Crippen molar-refractivity contribution in [3.63, 3.8) is 0 Å². The summed E-state index contributed by atoms with van der Waals surface area (Å²) in [5, 5.41) is 8.86. The molecular formula is C8H12NaO7P. The number of phosphoric acid groups is 1. The Morgan fingerprint density at radius 3 is 1.82 bits per heavy atom. The zero-order chi connectivity index (χ0) is 12.8. The summed E-state index contributed by atoms with van der Waals surface area (Å²) in [4.78, 5) is 32.4. The van der Waals surface area contributed by atoms with Crippen molar-refractivity contribution in [2.45, 2.75) is 0 Å². The summed E-state index contributed by atoms with van der Waals surface area (Å²) in [5.41, 5.74) is 0.435. The number of esters is 1. The topological polar surface area (TPSA) is 124 Å². The van der Waals surface area contributed by atoms with Gasteiger partial charge in [-0.25, -0.2) is 9.36 Å².